The smallest absolute Gasteiger partial charge is 0.153 e. The number of hydrogen-bond donors (Lipinski definition) is 0. The predicted molar refractivity (Wildman–Crippen MR) is 81.6 cm³/mol. The number of aldehydes is 1. The number of carbonyl (C=O) groups excluding carboxylic acids is 1. The van der Waals surface area contributed by atoms with E-state index in [0.29, 0.717) is 17.1 Å². The van der Waals surface area contributed by atoms with Crippen molar-refractivity contribution in [3.8, 4) is 22.6 Å². The van der Waals surface area contributed by atoms with E-state index in [4.69, 9.17) is 4.74 Å². The summed E-state index contributed by atoms with van der Waals surface area (Å²) in [7, 11) is 0. The van der Waals surface area contributed by atoms with Gasteiger partial charge in [0, 0.05) is 11.8 Å². The van der Waals surface area contributed by atoms with Crippen molar-refractivity contribution >= 4 is 6.29 Å². The predicted octanol–water partition coefficient (Wildman–Crippen LogP) is 4.35. The van der Waals surface area contributed by atoms with E-state index in [1.807, 2.05) is 42.5 Å². The summed E-state index contributed by atoms with van der Waals surface area (Å²) in [6, 6.07) is 19.0. The fourth-order valence-electron chi connectivity index (χ4n) is 2.06. The number of benzene rings is 2. The van der Waals surface area contributed by atoms with Crippen LogP contribution >= 0.6 is 0 Å². The molecule has 3 heteroatoms. The maximum atomic E-state index is 11.0. The first-order valence-electron chi connectivity index (χ1n) is 6.59. The highest BCUT2D eigenvalue weighted by atomic mass is 16.5. The van der Waals surface area contributed by atoms with Gasteiger partial charge in [-0.2, -0.15) is 0 Å². The van der Waals surface area contributed by atoms with Crippen LogP contribution in [0.1, 0.15) is 10.4 Å². The van der Waals surface area contributed by atoms with Crippen molar-refractivity contribution in [2.45, 2.75) is 0 Å². The van der Waals surface area contributed by atoms with E-state index in [9.17, 15) is 4.79 Å². The Balaban J connectivity index is 1.92. The second kappa shape index (κ2) is 6.01. The van der Waals surface area contributed by atoms with Gasteiger partial charge < -0.3 is 4.74 Å². The lowest BCUT2D eigenvalue weighted by atomic mass is 10.1. The van der Waals surface area contributed by atoms with Gasteiger partial charge in [0.2, 0.25) is 0 Å². The number of nitrogens with zero attached hydrogens (tertiary/aromatic N) is 1. The van der Waals surface area contributed by atoms with Crippen LogP contribution in [0.4, 0.5) is 0 Å². The molecule has 21 heavy (non-hydrogen) atoms. The summed E-state index contributed by atoms with van der Waals surface area (Å²) in [5.41, 5.74) is 2.55. The number of para-hydroxylation sites is 1. The summed E-state index contributed by atoms with van der Waals surface area (Å²) in [6.07, 6.45) is 4.20. The Kier molecular flexibility index (Phi) is 3.74. The minimum Gasteiger partial charge on any atom is -0.455 e. The lowest BCUT2D eigenvalue weighted by Crippen LogP contribution is -1.91. The summed E-state index contributed by atoms with van der Waals surface area (Å²) in [6.45, 7) is 0. The molecule has 3 rings (SSSR count). The van der Waals surface area contributed by atoms with Crippen LogP contribution in [0, 0.1) is 0 Å². The van der Waals surface area contributed by atoms with Crippen LogP contribution in [0.2, 0.25) is 0 Å². The second-order valence-corrected chi connectivity index (χ2v) is 4.53. The number of aromatic nitrogens is 1. The van der Waals surface area contributed by atoms with Gasteiger partial charge >= 0.3 is 0 Å². The van der Waals surface area contributed by atoms with E-state index in [2.05, 4.69) is 4.98 Å². The van der Waals surface area contributed by atoms with Crippen molar-refractivity contribution in [1.29, 1.82) is 0 Å². The van der Waals surface area contributed by atoms with Crippen molar-refractivity contribution in [2.75, 3.05) is 0 Å². The minimum absolute atomic E-state index is 0.516. The van der Waals surface area contributed by atoms with Gasteiger partial charge in [-0.25, -0.2) is 0 Å². The molecular formula is C18H13NO2. The molecule has 1 aromatic heterocycles. The zero-order valence-electron chi connectivity index (χ0n) is 11.3. The maximum Gasteiger partial charge on any atom is 0.153 e. The van der Waals surface area contributed by atoms with E-state index in [1.54, 1.807) is 30.6 Å². The summed E-state index contributed by atoms with van der Waals surface area (Å²) < 4.78 is 5.77. The minimum atomic E-state index is 0.516. The van der Waals surface area contributed by atoms with Crippen molar-refractivity contribution < 1.29 is 9.53 Å². The summed E-state index contributed by atoms with van der Waals surface area (Å²) in [4.78, 5) is 15.2. The van der Waals surface area contributed by atoms with E-state index < -0.39 is 0 Å². The Morgan fingerprint density at radius 2 is 1.62 bits per heavy atom. The molecule has 0 N–H and O–H groups in total. The van der Waals surface area contributed by atoms with E-state index in [0.717, 1.165) is 17.4 Å². The van der Waals surface area contributed by atoms with Crippen LogP contribution in [-0.4, -0.2) is 11.3 Å². The van der Waals surface area contributed by atoms with E-state index in [1.165, 1.54) is 0 Å². The zero-order chi connectivity index (χ0) is 14.5. The molecule has 0 unspecified atom stereocenters. The van der Waals surface area contributed by atoms with Crippen molar-refractivity contribution in [2.24, 2.45) is 0 Å². The Morgan fingerprint density at radius 1 is 0.857 bits per heavy atom. The van der Waals surface area contributed by atoms with Gasteiger partial charge in [0.25, 0.3) is 0 Å². The molecule has 0 radical (unpaired) electrons. The summed E-state index contributed by atoms with van der Waals surface area (Å²) >= 11 is 0. The van der Waals surface area contributed by atoms with Crippen molar-refractivity contribution in [1.82, 2.24) is 4.98 Å². The van der Waals surface area contributed by atoms with Gasteiger partial charge in [-0.1, -0.05) is 42.5 Å². The molecule has 0 aliphatic rings. The fourth-order valence-corrected chi connectivity index (χ4v) is 2.06. The molecule has 3 nitrogen and oxygen atoms in total. The maximum absolute atomic E-state index is 11.0. The third-order valence-corrected chi connectivity index (χ3v) is 3.09. The number of ether oxygens (including phenoxy) is 1. The average Bonchev–Trinajstić information content (AvgIpc) is 2.56. The van der Waals surface area contributed by atoms with Gasteiger partial charge in [-0.05, 0) is 23.8 Å². The Morgan fingerprint density at radius 3 is 2.43 bits per heavy atom. The molecule has 0 amide bonds. The lowest BCUT2D eigenvalue weighted by Gasteiger charge is -2.09. The molecule has 0 saturated heterocycles. The van der Waals surface area contributed by atoms with Gasteiger partial charge in [0.15, 0.2) is 6.29 Å². The largest absolute Gasteiger partial charge is 0.455 e. The third-order valence-electron chi connectivity index (χ3n) is 3.09. The Hall–Kier alpha value is -2.94. The quantitative estimate of drug-likeness (QED) is 0.664. The SMILES string of the molecule is O=Cc1ccccc1Oc1cncc(-c2ccccc2)c1. The third kappa shape index (κ3) is 2.98. The first-order chi connectivity index (χ1) is 10.4. The van der Waals surface area contributed by atoms with E-state index in [-0.39, 0.29) is 0 Å². The van der Waals surface area contributed by atoms with Gasteiger partial charge in [-0.3, -0.25) is 9.78 Å². The molecule has 0 aliphatic carbocycles. The highest BCUT2D eigenvalue weighted by Crippen LogP contribution is 2.27. The Labute approximate surface area is 122 Å². The topological polar surface area (TPSA) is 39.2 Å². The number of hydrogen-bond acceptors (Lipinski definition) is 3. The van der Waals surface area contributed by atoms with Crippen LogP contribution in [-0.2, 0) is 0 Å². The Bertz CT molecular complexity index is 754. The monoisotopic (exact) mass is 275 g/mol. The molecule has 0 bridgehead atoms. The molecule has 3 aromatic rings. The lowest BCUT2D eigenvalue weighted by molar-refractivity contribution is 0.112. The molecule has 0 fully saturated rings. The molecule has 1 heterocycles. The molecule has 2 aromatic carbocycles. The van der Waals surface area contributed by atoms with E-state index >= 15 is 0 Å². The zero-order valence-corrected chi connectivity index (χ0v) is 11.3. The molecule has 0 atom stereocenters. The van der Waals surface area contributed by atoms with Gasteiger partial charge in [-0.15, -0.1) is 0 Å². The van der Waals surface area contributed by atoms with Crippen molar-refractivity contribution in [3.63, 3.8) is 0 Å². The van der Waals surface area contributed by atoms with Crippen molar-refractivity contribution in [3.05, 3.63) is 78.6 Å². The summed E-state index contributed by atoms with van der Waals surface area (Å²) in [5.74, 6) is 1.13. The van der Waals surface area contributed by atoms with Gasteiger partial charge in [0.05, 0.1) is 11.8 Å². The molecule has 102 valence electrons. The fraction of sp³-hybridized carbons (Fsp3) is 0. The molecule has 0 aliphatic heterocycles. The first-order valence-corrected chi connectivity index (χ1v) is 6.59. The standard InChI is InChI=1S/C18H13NO2/c20-13-15-8-4-5-9-18(15)21-17-10-16(11-19-12-17)14-6-2-1-3-7-14/h1-13H. The highest BCUT2D eigenvalue weighted by Gasteiger charge is 2.05. The molecule has 0 saturated carbocycles. The van der Waals surface area contributed by atoms with Crippen LogP contribution in [0.25, 0.3) is 11.1 Å². The van der Waals surface area contributed by atoms with Crippen LogP contribution in [0.5, 0.6) is 11.5 Å². The number of carbonyl (C=O) groups is 1. The highest BCUT2D eigenvalue weighted by molar-refractivity contribution is 5.79. The number of pyridine rings is 1. The first kappa shape index (κ1) is 13.1. The normalized spacial score (nSPS) is 10.1. The molecule has 0 spiro atoms. The number of rotatable bonds is 4. The van der Waals surface area contributed by atoms with Crippen LogP contribution < -0.4 is 4.74 Å². The summed E-state index contributed by atoms with van der Waals surface area (Å²) in [5, 5.41) is 0. The van der Waals surface area contributed by atoms with Crippen LogP contribution in [0.15, 0.2) is 73.1 Å². The van der Waals surface area contributed by atoms with Gasteiger partial charge in [0.1, 0.15) is 11.5 Å². The van der Waals surface area contributed by atoms with Crippen LogP contribution in [0.3, 0.4) is 0 Å². The molecular weight excluding hydrogens is 262 g/mol. The second-order valence-electron chi connectivity index (χ2n) is 4.53. The average molecular weight is 275 g/mol.